The van der Waals surface area contributed by atoms with E-state index in [0.29, 0.717) is 24.4 Å². The molecule has 1 aliphatic carbocycles. The summed E-state index contributed by atoms with van der Waals surface area (Å²) >= 11 is 0.262. The molecule has 3 aromatic carbocycles. The summed E-state index contributed by atoms with van der Waals surface area (Å²) in [5.41, 5.74) is -8.26. The number of alkyl halides is 3. The Morgan fingerprint density at radius 2 is 1.71 bits per heavy atom. The maximum absolute atomic E-state index is 14.9. The van der Waals surface area contributed by atoms with Gasteiger partial charge in [-0.2, -0.15) is 18.2 Å². The highest BCUT2D eigenvalue weighted by Crippen LogP contribution is 2.32. The molecule has 0 bridgehead atoms. The molecule has 1 amide bonds. The van der Waals surface area contributed by atoms with Crippen molar-refractivity contribution in [3.05, 3.63) is 116 Å². The first-order valence-corrected chi connectivity index (χ1v) is 15.9. The highest BCUT2D eigenvalue weighted by molar-refractivity contribution is 7.98. The molecule has 6 nitrogen and oxygen atoms in total. The van der Waals surface area contributed by atoms with Gasteiger partial charge in [0.1, 0.15) is 12.3 Å². The van der Waals surface area contributed by atoms with Crippen molar-refractivity contribution in [3.8, 4) is 11.1 Å². The number of fused-ring (bicyclic) bond motifs is 1. The molecule has 1 aromatic heterocycles. The van der Waals surface area contributed by atoms with Crippen LogP contribution in [0.15, 0.2) is 76.5 Å². The molecule has 1 heterocycles. The van der Waals surface area contributed by atoms with Gasteiger partial charge < -0.3 is 14.4 Å². The number of benzene rings is 3. The fourth-order valence-electron chi connectivity index (χ4n) is 4.93. The molecule has 1 aliphatic rings. The van der Waals surface area contributed by atoms with Gasteiger partial charge in [-0.3, -0.25) is 9.59 Å². The summed E-state index contributed by atoms with van der Waals surface area (Å²) in [7, 11) is 0. The SMILES string of the molecule is [2H]c1c([2H])c(C(F)(F)F)c([2H])c([2H])c1-c1c([2H])c([2H])c(C([2H])([2H])N(CCN(CC)CC)C(=O)C([2H])([2H])n2c(SC([2H])([2H])c3ccc(F)cc3)nc(=O)c3c2CCC3)c(C)c1[2H]. The predicted molar refractivity (Wildman–Crippen MR) is 181 cm³/mol. The Hall–Kier alpha value is -3.96. The molecule has 0 saturated carbocycles. The highest BCUT2D eigenvalue weighted by Gasteiger charge is 2.30. The second-order valence-corrected chi connectivity index (χ2v) is 11.5. The van der Waals surface area contributed by atoms with Crippen LogP contribution in [0.25, 0.3) is 11.1 Å². The zero-order valence-electron chi connectivity index (χ0n) is 39.3. The lowest BCUT2D eigenvalue weighted by molar-refractivity contribution is -0.137. The third-order valence-electron chi connectivity index (χ3n) is 7.60. The topological polar surface area (TPSA) is 58.4 Å². The largest absolute Gasteiger partial charge is 0.416 e. The zero-order chi connectivity index (χ0) is 45.9. The Morgan fingerprint density at radius 3 is 2.38 bits per heavy atom. The zero-order valence-corrected chi connectivity index (χ0v) is 27.1. The summed E-state index contributed by atoms with van der Waals surface area (Å²) in [5, 5.41) is -0.595. The van der Waals surface area contributed by atoms with E-state index < -0.39 is 124 Å². The van der Waals surface area contributed by atoms with Crippen molar-refractivity contribution in [2.75, 3.05) is 26.2 Å². The number of halogens is 4. The van der Waals surface area contributed by atoms with Crippen molar-refractivity contribution in [2.45, 2.75) is 70.1 Å². The first kappa shape index (κ1) is 21.9. The average molecular weight is 694 g/mol. The van der Waals surface area contributed by atoms with Crippen molar-refractivity contribution < 1.29 is 40.2 Å². The monoisotopic (exact) mass is 693 g/mol. The maximum Gasteiger partial charge on any atom is 0.416 e. The van der Waals surface area contributed by atoms with Crippen LogP contribution in [-0.4, -0.2) is 51.4 Å². The molecule has 48 heavy (non-hydrogen) atoms. The molecule has 0 spiro atoms. The standard InChI is InChI=1S/C37H40F4N4O2S/c1-4-43(5-2)19-20-44(22-29-12-11-28(21-25(29)3)27-13-15-30(16-14-27)37(39,40)41)34(46)23-45-33-8-6-7-32(33)35(47)42-36(45)48-24-26-9-17-31(38)18-10-26/h9-18,21H,4-8,19-20,22-24H2,1-3H3/i11D,12D,13D,14D,15D,16D,21D,22D2,23D2,24D2. The summed E-state index contributed by atoms with van der Waals surface area (Å²) in [6, 6.07) is -4.32. The number of aromatic nitrogens is 2. The fourth-order valence-corrected chi connectivity index (χ4v) is 5.65. The minimum atomic E-state index is -5.31. The third kappa shape index (κ3) is 8.54. The Labute approximate surface area is 301 Å². The average Bonchev–Trinajstić information content (AvgIpc) is 3.66. The number of hydrogen-bond donors (Lipinski definition) is 0. The van der Waals surface area contributed by atoms with Crippen LogP contribution < -0.4 is 5.56 Å². The molecule has 0 radical (unpaired) electrons. The van der Waals surface area contributed by atoms with Gasteiger partial charge in [0.15, 0.2) is 5.16 Å². The lowest BCUT2D eigenvalue weighted by Crippen LogP contribution is -2.40. The van der Waals surface area contributed by atoms with Gasteiger partial charge in [-0.25, -0.2) is 4.39 Å². The van der Waals surface area contributed by atoms with Gasteiger partial charge >= 0.3 is 6.18 Å². The molecule has 0 fully saturated rings. The van der Waals surface area contributed by atoms with Crippen molar-refractivity contribution in [2.24, 2.45) is 0 Å². The summed E-state index contributed by atoms with van der Waals surface area (Å²) in [4.78, 5) is 34.4. The number of nitrogens with zero attached hydrogens (tertiary/aromatic N) is 4. The Bertz CT molecular complexity index is 2390. The van der Waals surface area contributed by atoms with Crippen molar-refractivity contribution in [1.82, 2.24) is 19.4 Å². The summed E-state index contributed by atoms with van der Waals surface area (Å²) in [5.74, 6) is -2.27. The summed E-state index contributed by atoms with van der Waals surface area (Å²) in [6.45, 7) is -1.88. The number of rotatable bonds is 13. The van der Waals surface area contributed by atoms with Gasteiger partial charge in [0, 0.05) is 39.3 Å². The molecule has 254 valence electrons. The molecule has 0 N–H and O–H groups in total. The van der Waals surface area contributed by atoms with Crippen LogP contribution in [0.1, 0.15) is 71.6 Å². The highest BCUT2D eigenvalue weighted by atomic mass is 32.2. The molecule has 5 rings (SSSR count). The molecular formula is C37H40F4N4O2S. The van der Waals surface area contributed by atoms with Crippen LogP contribution in [0.3, 0.4) is 0 Å². The maximum atomic E-state index is 14.9. The van der Waals surface area contributed by atoms with Crippen LogP contribution in [0.2, 0.25) is 0 Å². The van der Waals surface area contributed by atoms with Crippen molar-refractivity contribution in [3.63, 3.8) is 0 Å². The lowest BCUT2D eigenvalue weighted by Gasteiger charge is -2.28. The number of amides is 1. The Kier molecular flexibility index (Phi) is 7.07. The van der Waals surface area contributed by atoms with Gasteiger partial charge in [-0.1, -0.05) is 68.0 Å². The van der Waals surface area contributed by atoms with E-state index in [2.05, 4.69) is 4.98 Å². The second-order valence-electron chi connectivity index (χ2n) is 10.7. The van der Waals surface area contributed by atoms with Crippen LogP contribution in [0, 0.1) is 12.7 Å². The van der Waals surface area contributed by atoms with Gasteiger partial charge in [0.2, 0.25) is 5.91 Å². The Morgan fingerprint density at radius 1 is 1.02 bits per heavy atom. The van der Waals surface area contributed by atoms with Crippen LogP contribution >= 0.6 is 11.8 Å². The molecule has 0 unspecified atom stereocenters. The fraction of sp³-hybridized carbons (Fsp3) is 0.378. The smallest absolute Gasteiger partial charge is 0.336 e. The summed E-state index contributed by atoms with van der Waals surface area (Å²) < 4.78 is 171. The van der Waals surface area contributed by atoms with Crippen LogP contribution in [0.4, 0.5) is 17.6 Å². The van der Waals surface area contributed by atoms with Crippen molar-refractivity contribution >= 4 is 17.7 Å². The van der Waals surface area contributed by atoms with E-state index in [1.54, 1.807) is 18.7 Å². The molecule has 11 heteroatoms. The predicted octanol–water partition coefficient (Wildman–Crippen LogP) is 7.53. The van der Waals surface area contributed by atoms with E-state index in [1.807, 2.05) is 0 Å². The quantitative estimate of drug-likeness (QED) is 0.0824. The van der Waals surface area contributed by atoms with Crippen LogP contribution in [0.5, 0.6) is 0 Å². The molecular weight excluding hydrogens is 640 g/mol. The normalized spacial score (nSPS) is 17.6. The van der Waals surface area contributed by atoms with Crippen molar-refractivity contribution in [1.29, 1.82) is 0 Å². The van der Waals surface area contributed by atoms with E-state index in [-0.39, 0.29) is 48.0 Å². The Balaban J connectivity index is 1.73. The number of thioether (sulfide) groups is 1. The van der Waals surface area contributed by atoms with Gasteiger partial charge in [0.25, 0.3) is 5.56 Å². The minimum absolute atomic E-state index is 0.0000712. The molecule has 4 aromatic rings. The first-order valence-electron chi connectivity index (χ1n) is 21.6. The van der Waals surface area contributed by atoms with Gasteiger partial charge in [0.05, 0.1) is 20.6 Å². The molecule has 0 saturated heterocycles. The molecule has 0 aliphatic heterocycles. The number of hydrogen-bond acceptors (Lipinski definition) is 5. The van der Waals surface area contributed by atoms with E-state index in [0.717, 1.165) is 35.8 Å². The first-order chi connectivity index (χ1) is 28.2. The number of likely N-dealkylation sites (N-methyl/N-ethyl adjacent to an activating group) is 1. The van der Waals surface area contributed by atoms with Crippen LogP contribution in [-0.2, 0) is 42.5 Å². The molecule has 0 atom stereocenters. The number of carbonyl (C=O) groups excluding carboxylic acids is 1. The van der Waals surface area contributed by atoms with E-state index >= 15 is 0 Å². The second kappa shape index (κ2) is 15.5. The lowest BCUT2D eigenvalue weighted by atomic mass is 9.98. The van der Waals surface area contributed by atoms with E-state index in [9.17, 15) is 32.6 Å². The van der Waals surface area contributed by atoms with E-state index in [4.69, 9.17) is 12.3 Å². The minimum Gasteiger partial charge on any atom is -0.336 e. The van der Waals surface area contributed by atoms with E-state index in [1.165, 1.54) is 0 Å². The summed E-state index contributed by atoms with van der Waals surface area (Å²) in [6.07, 6.45) is -4.80. The van der Waals surface area contributed by atoms with Gasteiger partial charge in [-0.05, 0) is 91.3 Å². The number of carbonyl (C=O) groups is 1. The van der Waals surface area contributed by atoms with Gasteiger partial charge in [-0.15, -0.1) is 0 Å². The third-order valence-corrected chi connectivity index (χ3v) is 8.40.